The molecule has 0 aliphatic carbocycles. The van der Waals surface area contributed by atoms with Gasteiger partial charge in [-0.2, -0.15) is 0 Å². The number of amides is 1. The molecule has 0 atom stereocenters. The summed E-state index contributed by atoms with van der Waals surface area (Å²) in [5.41, 5.74) is 7.54. The summed E-state index contributed by atoms with van der Waals surface area (Å²) in [5, 5.41) is 3.98. The van der Waals surface area contributed by atoms with Gasteiger partial charge in [-0.05, 0) is 64.4 Å². The van der Waals surface area contributed by atoms with E-state index in [1.165, 1.54) is 11.1 Å². The van der Waals surface area contributed by atoms with E-state index in [0.717, 1.165) is 37.4 Å². The molecule has 1 aliphatic heterocycles. The molecular weight excluding hydrogens is 316 g/mol. The Balaban J connectivity index is 2.24. The molecule has 6 nitrogen and oxygen atoms in total. The highest BCUT2D eigenvalue weighted by Crippen LogP contribution is 2.22. The number of hydrogen-bond acceptors (Lipinski definition) is 4. The number of hydrazone groups is 1. The van der Waals surface area contributed by atoms with Crippen LogP contribution in [-0.4, -0.2) is 47.4 Å². The molecule has 0 bridgehead atoms. The van der Waals surface area contributed by atoms with Crippen LogP contribution in [0.4, 0.5) is 0 Å². The maximum atomic E-state index is 12.1. The van der Waals surface area contributed by atoms with Crippen molar-refractivity contribution in [2.75, 3.05) is 19.6 Å². The van der Waals surface area contributed by atoms with Crippen molar-refractivity contribution in [1.29, 1.82) is 0 Å². The Bertz CT molecular complexity index is 682. The fourth-order valence-corrected chi connectivity index (χ4v) is 3.05. The minimum absolute atomic E-state index is 0.0362. The van der Waals surface area contributed by atoms with Gasteiger partial charge < -0.3 is 14.6 Å². The average molecular weight is 346 g/mol. The zero-order valence-corrected chi connectivity index (χ0v) is 16.2. The van der Waals surface area contributed by atoms with Gasteiger partial charge in [-0.15, -0.1) is 5.10 Å². The lowest BCUT2D eigenvalue weighted by molar-refractivity contribution is -0.116. The number of carbonyl (C=O) groups excluding carboxylic acids is 1. The molecule has 1 aromatic heterocycles. The number of ether oxygens (including phenoxy) is 1. The summed E-state index contributed by atoms with van der Waals surface area (Å²) in [4.78, 5) is 17.9. The fraction of sp³-hybridized carbons (Fsp3) is 0.579. The summed E-state index contributed by atoms with van der Waals surface area (Å²) in [6.07, 6.45) is 2.80. The molecule has 25 heavy (non-hydrogen) atoms. The van der Waals surface area contributed by atoms with Gasteiger partial charge in [0.15, 0.2) is 0 Å². The van der Waals surface area contributed by atoms with Gasteiger partial charge in [-0.1, -0.05) is 13.8 Å². The second-order valence-corrected chi connectivity index (χ2v) is 6.63. The zero-order valence-electron chi connectivity index (χ0n) is 16.2. The maximum absolute atomic E-state index is 12.1. The molecule has 1 aromatic rings. The minimum Gasteiger partial charge on any atom is -0.473 e. The summed E-state index contributed by atoms with van der Waals surface area (Å²) >= 11 is 0. The van der Waals surface area contributed by atoms with Gasteiger partial charge in [0.1, 0.15) is 5.57 Å². The summed E-state index contributed by atoms with van der Waals surface area (Å²) < 4.78 is 5.63. The van der Waals surface area contributed by atoms with Gasteiger partial charge in [0.2, 0.25) is 5.90 Å². The van der Waals surface area contributed by atoms with E-state index in [1.807, 2.05) is 19.9 Å². The number of aromatic nitrogens is 1. The maximum Gasteiger partial charge on any atom is 0.277 e. The summed E-state index contributed by atoms with van der Waals surface area (Å²) in [6, 6.07) is 0. The average Bonchev–Trinajstić information content (AvgIpc) is 3.03. The third-order valence-electron chi connectivity index (χ3n) is 4.57. The van der Waals surface area contributed by atoms with Crippen molar-refractivity contribution in [3.05, 3.63) is 28.1 Å². The molecule has 0 radical (unpaired) electrons. The number of nitrogens with zero attached hydrogens (tertiary/aromatic N) is 2. The van der Waals surface area contributed by atoms with Crippen molar-refractivity contribution in [3.8, 4) is 0 Å². The third-order valence-corrected chi connectivity index (χ3v) is 4.57. The van der Waals surface area contributed by atoms with Crippen molar-refractivity contribution in [2.45, 2.75) is 54.1 Å². The summed E-state index contributed by atoms with van der Waals surface area (Å²) in [7, 11) is 0. The predicted octanol–water partition coefficient (Wildman–Crippen LogP) is 2.77. The van der Waals surface area contributed by atoms with Crippen LogP contribution in [0.3, 0.4) is 0 Å². The van der Waals surface area contributed by atoms with E-state index < -0.39 is 0 Å². The van der Waals surface area contributed by atoms with E-state index in [-0.39, 0.29) is 12.0 Å². The quantitative estimate of drug-likeness (QED) is 0.746. The van der Waals surface area contributed by atoms with Crippen LogP contribution < -0.4 is 5.43 Å². The van der Waals surface area contributed by atoms with E-state index in [2.05, 4.69) is 48.1 Å². The number of hydrogen-bond donors (Lipinski definition) is 2. The Kier molecular flexibility index (Phi) is 6.42. The number of nitrogens with one attached hydrogen (secondary N) is 2. The molecule has 0 spiro atoms. The molecule has 6 heteroatoms. The number of aryl methyl sites for hydroxylation is 1. The molecule has 0 saturated heterocycles. The molecular formula is C19H30N4O2. The smallest absolute Gasteiger partial charge is 0.277 e. The number of aromatic amines is 1. The van der Waals surface area contributed by atoms with Crippen LogP contribution in [-0.2, 0) is 16.0 Å². The number of rotatable bonds is 7. The van der Waals surface area contributed by atoms with E-state index in [4.69, 9.17) is 4.74 Å². The van der Waals surface area contributed by atoms with Crippen molar-refractivity contribution in [3.63, 3.8) is 0 Å². The Hall–Kier alpha value is -2.08. The molecule has 2 N–H and O–H groups in total. The van der Waals surface area contributed by atoms with Crippen LogP contribution in [0.5, 0.6) is 0 Å². The topological polar surface area (TPSA) is 69.7 Å². The molecule has 0 saturated carbocycles. The van der Waals surface area contributed by atoms with E-state index in [1.54, 1.807) is 0 Å². The predicted molar refractivity (Wildman–Crippen MR) is 102 cm³/mol. The van der Waals surface area contributed by atoms with Crippen LogP contribution in [0.25, 0.3) is 6.08 Å². The molecule has 138 valence electrons. The van der Waals surface area contributed by atoms with E-state index in [9.17, 15) is 4.79 Å². The highest BCUT2D eigenvalue weighted by molar-refractivity contribution is 6.24. The Morgan fingerprint density at radius 2 is 1.92 bits per heavy atom. The molecule has 0 unspecified atom stereocenters. The minimum atomic E-state index is -0.230. The van der Waals surface area contributed by atoms with Crippen LogP contribution in [0.2, 0.25) is 0 Å². The zero-order chi connectivity index (χ0) is 18.6. The van der Waals surface area contributed by atoms with Crippen molar-refractivity contribution in [1.82, 2.24) is 15.3 Å². The van der Waals surface area contributed by atoms with Crippen LogP contribution in [0, 0.1) is 13.8 Å². The largest absolute Gasteiger partial charge is 0.473 e. The van der Waals surface area contributed by atoms with Crippen LogP contribution >= 0.6 is 0 Å². The standard InChI is InChI=1S/C19H30N4O2/c1-7-23(8-2)10-9-15-13(5)17(20-14(15)6)11-16-18(24)21-22-19(16)25-12(3)4/h11-12,20H,7-10H2,1-6H3,(H,21,24). The lowest BCUT2D eigenvalue weighted by atomic mass is 10.1. The Morgan fingerprint density at radius 3 is 2.52 bits per heavy atom. The first-order valence-electron chi connectivity index (χ1n) is 9.04. The number of likely N-dealkylation sites (N-methyl/N-ethyl adjacent to an activating group) is 1. The van der Waals surface area contributed by atoms with Gasteiger partial charge in [0, 0.05) is 17.9 Å². The van der Waals surface area contributed by atoms with Gasteiger partial charge in [-0.25, -0.2) is 5.43 Å². The Morgan fingerprint density at radius 1 is 1.24 bits per heavy atom. The molecule has 2 rings (SSSR count). The fourth-order valence-electron chi connectivity index (χ4n) is 3.05. The number of carbonyl (C=O) groups is 1. The van der Waals surface area contributed by atoms with Crippen molar-refractivity contribution >= 4 is 17.9 Å². The summed E-state index contributed by atoms with van der Waals surface area (Å²) in [6.45, 7) is 15.5. The Labute approximate surface area is 150 Å². The number of H-pyrrole nitrogens is 1. The van der Waals surface area contributed by atoms with Gasteiger partial charge >= 0.3 is 0 Å². The van der Waals surface area contributed by atoms with Gasteiger partial charge in [-0.3, -0.25) is 4.79 Å². The first kappa shape index (κ1) is 19.2. The monoisotopic (exact) mass is 346 g/mol. The SMILES string of the molecule is CCN(CC)CCc1c(C)[nH]c(C=C2C(=O)NN=C2OC(C)C)c1C. The van der Waals surface area contributed by atoms with Gasteiger partial charge in [0.25, 0.3) is 5.91 Å². The first-order chi connectivity index (χ1) is 11.9. The lowest BCUT2D eigenvalue weighted by Gasteiger charge is -2.17. The van der Waals surface area contributed by atoms with Crippen LogP contribution in [0.15, 0.2) is 10.7 Å². The molecule has 2 heterocycles. The molecule has 1 aliphatic rings. The molecule has 0 fully saturated rings. The highest BCUT2D eigenvalue weighted by atomic mass is 16.5. The van der Waals surface area contributed by atoms with Crippen LogP contribution in [0.1, 0.15) is 50.2 Å². The summed E-state index contributed by atoms with van der Waals surface area (Å²) in [5.74, 6) is 0.128. The normalized spacial score (nSPS) is 16.1. The van der Waals surface area contributed by atoms with Gasteiger partial charge in [0.05, 0.1) is 6.10 Å². The van der Waals surface area contributed by atoms with Crippen molar-refractivity contribution < 1.29 is 9.53 Å². The van der Waals surface area contributed by atoms with E-state index in [0.29, 0.717) is 11.5 Å². The molecule has 1 amide bonds. The lowest BCUT2D eigenvalue weighted by Crippen LogP contribution is -2.25. The molecule has 0 aromatic carbocycles. The first-order valence-corrected chi connectivity index (χ1v) is 9.04. The highest BCUT2D eigenvalue weighted by Gasteiger charge is 2.26. The second-order valence-electron chi connectivity index (χ2n) is 6.63. The second kappa shape index (κ2) is 8.34. The van der Waals surface area contributed by atoms with E-state index >= 15 is 0 Å². The van der Waals surface area contributed by atoms with Crippen molar-refractivity contribution in [2.24, 2.45) is 5.10 Å². The third kappa shape index (κ3) is 4.51.